The molecule has 0 aliphatic heterocycles. The molecule has 0 aliphatic rings. The molecule has 82 valence electrons. The van der Waals surface area contributed by atoms with E-state index in [0.29, 0.717) is 5.92 Å². The van der Waals surface area contributed by atoms with E-state index in [0.717, 1.165) is 18.7 Å². The molecule has 0 fully saturated rings. The first-order valence-corrected chi connectivity index (χ1v) is 5.21. The van der Waals surface area contributed by atoms with Crippen LogP contribution in [-0.2, 0) is 6.54 Å². The highest BCUT2D eigenvalue weighted by molar-refractivity contribution is 5.85. The molecule has 1 aromatic carbocycles. The Kier molecular flexibility index (Phi) is 4.31. The molecule has 0 amide bonds. The van der Waals surface area contributed by atoms with E-state index < -0.39 is 5.97 Å². The van der Waals surface area contributed by atoms with Gasteiger partial charge in [0.2, 0.25) is 0 Å². The van der Waals surface area contributed by atoms with Crippen LogP contribution in [0.4, 0.5) is 0 Å². The van der Waals surface area contributed by atoms with E-state index in [1.807, 2.05) is 12.1 Å². The van der Waals surface area contributed by atoms with Crippen molar-refractivity contribution in [3.05, 3.63) is 35.4 Å². The lowest BCUT2D eigenvalue weighted by Crippen LogP contribution is -2.83. The number of carbonyl (C=O) groups is 1. The number of carboxylic acids is 1. The Hall–Kier alpha value is -1.35. The highest BCUT2D eigenvalue weighted by atomic mass is 16.4. The minimum atomic E-state index is -1.12. The molecule has 0 aromatic heterocycles. The SMILES string of the molecule is CC(C)C[NH2+]Cc1ccc(C(=O)[O-])cc1. The van der Waals surface area contributed by atoms with Gasteiger partial charge in [-0.05, 0) is 5.56 Å². The van der Waals surface area contributed by atoms with E-state index in [2.05, 4.69) is 19.2 Å². The molecule has 0 heterocycles. The molecule has 0 saturated carbocycles. The zero-order valence-corrected chi connectivity index (χ0v) is 9.19. The number of aromatic carboxylic acids is 1. The first kappa shape index (κ1) is 11.7. The van der Waals surface area contributed by atoms with Gasteiger partial charge < -0.3 is 15.2 Å². The van der Waals surface area contributed by atoms with E-state index in [4.69, 9.17) is 0 Å². The number of nitrogens with two attached hydrogens (primary N) is 1. The van der Waals surface area contributed by atoms with E-state index in [9.17, 15) is 9.90 Å². The molecule has 0 atom stereocenters. The number of hydrogen-bond donors (Lipinski definition) is 1. The molecule has 0 saturated heterocycles. The van der Waals surface area contributed by atoms with Crippen molar-refractivity contribution in [2.75, 3.05) is 6.54 Å². The molecule has 0 unspecified atom stereocenters. The van der Waals surface area contributed by atoms with E-state index >= 15 is 0 Å². The Morgan fingerprint density at radius 3 is 2.40 bits per heavy atom. The topological polar surface area (TPSA) is 56.7 Å². The van der Waals surface area contributed by atoms with Gasteiger partial charge in [0.15, 0.2) is 0 Å². The lowest BCUT2D eigenvalue weighted by Gasteiger charge is -2.06. The van der Waals surface area contributed by atoms with E-state index in [1.165, 1.54) is 0 Å². The summed E-state index contributed by atoms with van der Waals surface area (Å²) < 4.78 is 0. The van der Waals surface area contributed by atoms with Crippen molar-refractivity contribution >= 4 is 5.97 Å². The minimum absolute atomic E-state index is 0.239. The molecule has 0 bridgehead atoms. The van der Waals surface area contributed by atoms with Crippen LogP contribution in [0.15, 0.2) is 24.3 Å². The van der Waals surface area contributed by atoms with Crippen molar-refractivity contribution in [3.8, 4) is 0 Å². The number of hydrogen-bond acceptors (Lipinski definition) is 2. The van der Waals surface area contributed by atoms with Crippen molar-refractivity contribution in [2.24, 2.45) is 5.92 Å². The quantitative estimate of drug-likeness (QED) is 0.725. The van der Waals surface area contributed by atoms with Gasteiger partial charge >= 0.3 is 0 Å². The Balaban J connectivity index is 2.46. The van der Waals surface area contributed by atoms with E-state index in [1.54, 1.807) is 12.1 Å². The summed E-state index contributed by atoms with van der Waals surface area (Å²) in [6.07, 6.45) is 0. The van der Waals surface area contributed by atoms with Gasteiger partial charge in [-0.25, -0.2) is 0 Å². The van der Waals surface area contributed by atoms with Crippen molar-refractivity contribution in [1.29, 1.82) is 0 Å². The molecule has 1 aromatic rings. The average Bonchev–Trinajstić information content (AvgIpc) is 2.18. The van der Waals surface area contributed by atoms with Gasteiger partial charge in [-0.15, -0.1) is 0 Å². The summed E-state index contributed by atoms with van der Waals surface area (Å²) in [7, 11) is 0. The van der Waals surface area contributed by atoms with Gasteiger partial charge in [-0.2, -0.15) is 0 Å². The summed E-state index contributed by atoms with van der Waals surface area (Å²) in [5.41, 5.74) is 1.38. The molecule has 0 spiro atoms. The van der Waals surface area contributed by atoms with Gasteiger partial charge in [0, 0.05) is 11.5 Å². The smallest absolute Gasteiger partial charge is 0.101 e. The highest BCUT2D eigenvalue weighted by Crippen LogP contribution is 2.01. The second-order valence-electron chi connectivity index (χ2n) is 4.11. The Bertz CT molecular complexity index is 317. The van der Waals surface area contributed by atoms with Crippen molar-refractivity contribution in [2.45, 2.75) is 20.4 Å². The third-order valence-electron chi connectivity index (χ3n) is 2.21. The maximum absolute atomic E-state index is 10.5. The molecule has 0 aliphatic carbocycles. The molecular weight excluding hydrogens is 190 g/mol. The number of rotatable bonds is 5. The summed E-state index contributed by atoms with van der Waals surface area (Å²) in [4.78, 5) is 10.5. The third-order valence-corrected chi connectivity index (χ3v) is 2.21. The second-order valence-corrected chi connectivity index (χ2v) is 4.11. The summed E-state index contributed by atoms with van der Waals surface area (Å²) in [6, 6.07) is 6.85. The van der Waals surface area contributed by atoms with Crippen molar-refractivity contribution in [3.63, 3.8) is 0 Å². The summed E-state index contributed by atoms with van der Waals surface area (Å²) in [5.74, 6) is -0.444. The standard InChI is InChI=1S/C12H17NO2/c1-9(2)7-13-8-10-3-5-11(6-4-10)12(14)15/h3-6,9,13H,7-8H2,1-2H3,(H,14,15). The fraction of sp³-hybridized carbons (Fsp3) is 0.417. The van der Waals surface area contributed by atoms with Crippen LogP contribution in [0, 0.1) is 5.92 Å². The van der Waals surface area contributed by atoms with Crippen LogP contribution in [0.3, 0.4) is 0 Å². The van der Waals surface area contributed by atoms with Crippen LogP contribution in [0.2, 0.25) is 0 Å². The lowest BCUT2D eigenvalue weighted by molar-refractivity contribution is -0.675. The molecule has 0 radical (unpaired) electrons. The van der Waals surface area contributed by atoms with Crippen LogP contribution >= 0.6 is 0 Å². The van der Waals surface area contributed by atoms with Gasteiger partial charge in [-0.1, -0.05) is 38.1 Å². The Morgan fingerprint density at radius 1 is 1.33 bits per heavy atom. The molecule has 2 N–H and O–H groups in total. The zero-order valence-electron chi connectivity index (χ0n) is 9.19. The normalized spacial score (nSPS) is 10.6. The van der Waals surface area contributed by atoms with Crippen LogP contribution < -0.4 is 10.4 Å². The molecular formula is C12H17NO2. The summed E-state index contributed by atoms with van der Waals surface area (Å²) in [6.45, 7) is 6.33. The lowest BCUT2D eigenvalue weighted by atomic mass is 10.1. The first-order valence-electron chi connectivity index (χ1n) is 5.21. The molecule has 3 nitrogen and oxygen atoms in total. The van der Waals surface area contributed by atoms with Gasteiger partial charge in [0.1, 0.15) is 6.54 Å². The maximum Gasteiger partial charge on any atom is 0.101 e. The third kappa shape index (κ3) is 4.13. The predicted octanol–water partition coefficient (Wildman–Crippen LogP) is -0.230. The predicted molar refractivity (Wildman–Crippen MR) is 56.1 cm³/mol. The van der Waals surface area contributed by atoms with Gasteiger partial charge in [-0.3, -0.25) is 0 Å². The monoisotopic (exact) mass is 207 g/mol. The molecule has 1 rings (SSSR count). The van der Waals surface area contributed by atoms with Gasteiger partial charge in [0.25, 0.3) is 0 Å². The maximum atomic E-state index is 10.5. The Labute approximate surface area is 90.1 Å². The Morgan fingerprint density at radius 2 is 1.93 bits per heavy atom. The van der Waals surface area contributed by atoms with Crippen LogP contribution in [0.25, 0.3) is 0 Å². The number of benzene rings is 1. The number of carboxylic acid groups (broad SMARTS) is 1. The largest absolute Gasteiger partial charge is 0.545 e. The first-order chi connectivity index (χ1) is 7.09. The zero-order chi connectivity index (χ0) is 11.3. The van der Waals surface area contributed by atoms with Crippen molar-refractivity contribution in [1.82, 2.24) is 0 Å². The van der Waals surface area contributed by atoms with Gasteiger partial charge in [0.05, 0.1) is 12.5 Å². The minimum Gasteiger partial charge on any atom is -0.545 e. The number of quaternary nitrogens is 1. The second kappa shape index (κ2) is 5.51. The summed E-state index contributed by atoms with van der Waals surface area (Å²) in [5, 5.41) is 12.7. The van der Waals surface area contributed by atoms with Crippen molar-refractivity contribution < 1.29 is 15.2 Å². The fourth-order valence-electron chi connectivity index (χ4n) is 1.36. The highest BCUT2D eigenvalue weighted by Gasteiger charge is 1.99. The van der Waals surface area contributed by atoms with E-state index in [-0.39, 0.29) is 5.56 Å². The van der Waals surface area contributed by atoms with Crippen LogP contribution in [-0.4, -0.2) is 12.5 Å². The summed E-state index contributed by atoms with van der Waals surface area (Å²) >= 11 is 0. The molecule has 3 heteroatoms. The molecule has 15 heavy (non-hydrogen) atoms. The van der Waals surface area contributed by atoms with Crippen LogP contribution in [0.1, 0.15) is 29.8 Å². The number of carbonyl (C=O) groups excluding carboxylic acids is 1. The average molecular weight is 207 g/mol. The fourth-order valence-corrected chi connectivity index (χ4v) is 1.36. The van der Waals surface area contributed by atoms with Crippen LogP contribution in [0.5, 0.6) is 0 Å².